The van der Waals surface area contributed by atoms with Crippen molar-refractivity contribution in [2.75, 3.05) is 5.32 Å². The highest BCUT2D eigenvalue weighted by Gasteiger charge is 2.23. The van der Waals surface area contributed by atoms with Crippen LogP contribution in [0.1, 0.15) is 51.4 Å². The largest absolute Gasteiger partial charge is 0.350 e. The molecule has 0 amide bonds. The van der Waals surface area contributed by atoms with Crippen LogP contribution < -0.4 is 5.32 Å². The van der Waals surface area contributed by atoms with Crippen LogP contribution in [0.3, 0.4) is 0 Å². The van der Waals surface area contributed by atoms with Crippen molar-refractivity contribution in [3.05, 3.63) is 11.4 Å². The lowest BCUT2D eigenvalue weighted by Crippen LogP contribution is -2.19. The van der Waals surface area contributed by atoms with Crippen LogP contribution in [0.4, 0.5) is 5.95 Å². The number of hydrogen-bond donors (Lipinski definition) is 1. The number of nitrogens with zero attached hydrogens (tertiary/aromatic N) is 3. The van der Waals surface area contributed by atoms with Crippen molar-refractivity contribution in [2.45, 2.75) is 58.9 Å². The molecule has 94 valence electrons. The van der Waals surface area contributed by atoms with Crippen molar-refractivity contribution in [1.82, 2.24) is 15.2 Å². The monoisotopic (exact) mass is 234 g/mol. The van der Waals surface area contributed by atoms with E-state index >= 15 is 0 Å². The zero-order valence-electron chi connectivity index (χ0n) is 11.0. The average molecular weight is 234 g/mol. The fraction of sp³-hybridized carbons (Fsp3) is 0.769. The molecule has 1 saturated carbocycles. The third kappa shape index (κ3) is 3.38. The first-order chi connectivity index (χ1) is 8.22. The van der Waals surface area contributed by atoms with Crippen LogP contribution in [0.25, 0.3) is 0 Å². The first-order valence-electron chi connectivity index (χ1n) is 6.71. The molecule has 1 fully saturated rings. The van der Waals surface area contributed by atoms with Gasteiger partial charge in [-0.1, -0.05) is 26.7 Å². The van der Waals surface area contributed by atoms with E-state index in [1.54, 1.807) is 0 Å². The maximum atomic E-state index is 4.54. The molecule has 0 radical (unpaired) electrons. The fourth-order valence-corrected chi connectivity index (χ4v) is 2.13. The van der Waals surface area contributed by atoms with E-state index in [1.807, 2.05) is 0 Å². The minimum Gasteiger partial charge on any atom is -0.350 e. The summed E-state index contributed by atoms with van der Waals surface area (Å²) in [7, 11) is 0. The minimum absolute atomic E-state index is 0.446. The van der Waals surface area contributed by atoms with E-state index in [-0.39, 0.29) is 0 Å². The van der Waals surface area contributed by atoms with Crippen LogP contribution in [-0.4, -0.2) is 21.2 Å². The molecule has 17 heavy (non-hydrogen) atoms. The van der Waals surface area contributed by atoms with Gasteiger partial charge < -0.3 is 5.32 Å². The molecule has 1 atom stereocenters. The van der Waals surface area contributed by atoms with Crippen LogP contribution >= 0.6 is 0 Å². The Morgan fingerprint density at radius 2 is 1.88 bits per heavy atom. The SMILES string of the molecule is CCc1nnc(NC(C)CC2CC2)nc1CC. The average Bonchev–Trinajstić information content (AvgIpc) is 3.12. The van der Waals surface area contributed by atoms with Crippen molar-refractivity contribution in [2.24, 2.45) is 5.92 Å². The van der Waals surface area contributed by atoms with E-state index in [2.05, 4.69) is 41.3 Å². The Bertz CT molecular complexity index is 374. The second-order valence-corrected chi connectivity index (χ2v) is 4.96. The lowest BCUT2D eigenvalue weighted by molar-refractivity contribution is 0.633. The molecule has 1 aliphatic carbocycles. The van der Waals surface area contributed by atoms with Crippen LogP contribution in [0, 0.1) is 5.92 Å². The zero-order chi connectivity index (χ0) is 12.3. The lowest BCUT2D eigenvalue weighted by atomic mass is 10.2. The molecule has 0 bridgehead atoms. The van der Waals surface area contributed by atoms with Gasteiger partial charge in [-0.05, 0) is 32.1 Å². The van der Waals surface area contributed by atoms with Gasteiger partial charge >= 0.3 is 0 Å². The Labute approximate surface area is 103 Å². The van der Waals surface area contributed by atoms with Crippen molar-refractivity contribution < 1.29 is 0 Å². The number of hydrogen-bond acceptors (Lipinski definition) is 4. The Morgan fingerprint density at radius 3 is 2.47 bits per heavy atom. The molecule has 1 heterocycles. The maximum Gasteiger partial charge on any atom is 0.243 e. The quantitative estimate of drug-likeness (QED) is 0.822. The first-order valence-corrected chi connectivity index (χ1v) is 6.71. The number of anilines is 1. The van der Waals surface area contributed by atoms with E-state index < -0.39 is 0 Å². The summed E-state index contributed by atoms with van der Waals surface area (Å²) in [4.78, 5) is 4.54. The topological polar surface area (TPSA) is 50.7 Å². The van der Waals surface area contributed by atoms with Crippen molar-refractivity contribution in [1.29, 1.82) is 0 Å². The molecular formula is C13H22N4. The van der Waals surface area contributed by atoms with E-state index in [4.69, 9.17) is 0 Å². The van der Waals surface area contributed by atoms with Gasteiger partial charge in [0.15, 0.2) is 0 Å². The van der Waals surface area contributed by atoms with Gasteiger partial charge in [0.1, 0.15) is 0 Å². The predicted molar refractivity (Wildman–Crippen MR) is 69.0 cm³/mol. The van der Waals surface area contributed by atoms with Crippen LogP contribution in [0.2, 0.25) is 0 Å². The Hall–Kier alpha value is -1.19. The smallest absolute Gasteiger partial charge is 0.243 e. The molecule has 1 aromatic heterocycles. The molecule has 0 aliphatic heterocycles. The second kappa shape index (κ2) is 5.43. The molecule has 2 rings (SSSR count). The van der Waals surface area contributed by atoms with Gasteiger partial charge in [-0.15, -0.1) is 5.10 Å². The third-order valence-corrected chi connectivity index (χ3v) is 3.27. The molecule has 1 aliphatic rings. The fourth-order valence-electron chi connectivity index (χ4n) is 2.13. The summed E-state index contributed by atoms with van der Waals surface area (Å²) >= 11 is 0. The molecule has 4 heteroatoms. The van der Waals surface area contributed by atoms with Gasteiger partial charge in [0.25, 0.3) is 0 Å². The second-order valence-electron chi connectivity index (χ2n) is 4.96. The van der Waals surface area contributed by atoms with Crippen molar-refractivity contribution >= 4 is 5.95 Å². The summed E-state index contributed by atoms with van der Waals surface area (Å²) in [6, 6.07) is 0.446. The Morgan fingerprint density at radius 1 is 1.18 bits per heavy atom. The van der Waals surface area contributed by atoms with Gasteiger partial charge in [0.05, 0.1) is 11.4 Å². The normalized spacial score (nSPS) is 16.9. The van der Waals surface area contributed by atoms with Crippen LogP contribution in [0.15, 0.2) is 0 Å². The molecule has 1 aromatic rings. The zero-order valence-corrected chi connectivity index (χ0v) is 11.0. The highest BCUT2D eigenvalue weighted by atomic mass is 15.2. The third-order valence-electron chi connectivity index (χ3n) is 3.27. The van der Waals surface area contributed by atoms with Gasteiger partial charge in [-0.25, -0.2) is 4.98 Å². The molecule has 4 nitrogen and oxygen atoms in total. The maximum absolute atomic E-state index is 4.54. The van der Waals surface area contributed by atoms with Crippen LogP contribution in [0.5, 0.6) is 0 Å². The highest BCUT2D eigenvalue weighted by molar-refractivity contribution is 5.27. The minimum atomic E-state index is 0.446. The molecule has 1 unspecified atom stereocenters. The van der Waals surface area contributed by atoms with Crippen molar-refractivity contribution in [3.63, 3.8) is 0 Å². The van der Waals surface area contributed by atoms with Crippen LogP contribution in [-0.2, 0) is 12.8 Å². The van der Waals surface area contributed by atoms with E-state index in [9.17, 15) is 0 Å². The number of aromatic nitrogens is 3. The lowest BCUT2D eigenvalue weighted by Gasteiger charge is -2.13. The van der Waals surface area contributed by atoms with Gasteiger partial charge in [0.2, 0.25) is 5.95 Å². The molecule has 1 N–H and O–H groups in total. The van der Waals surface area contributed by atoms with Crippen molar-refractivity contribution in [3.8, 4) is 0 Å². The summed E-state index contributed by atoms with van der Waals surface area (Å²) in [6.07, 6.45) is 5.83. The molecule has 0 spiro atoms. The summed E-state index contributed by atoms with van der Waals surface area (Å²) < 4.78 is 0. The first kappa shape index (κ1) is 12.3. The Balaban J connectivity index is 1.99. The molecule has 0 saturated heterocycles. The van der Waals surface area contributed by atoms with E-state index in [0.29, 0.717) is 12.0 Å². The number of nitrogens with one attached hydrogen (secondary N) is 1. The Kier molecular flexibility index (Phi) is 3.92. The van der Waals surface area contributed by atoms with Gasteiger partial charge in [-0.2, -0.15) is 5.10 Å². The summed E-state index contributed by atoms with van der Waals surface area (Å²) in [5, 5.41) is 11.7. The van der Waals surface area contributed by atoms with Gasteiger partial charge in [0, 0.05) is 6.04 Å². The summed E-state index contributed by atoms with van der Waals surface area (Å²) in [6.45, 7) is 6.40. The number of aryl methyl sites for hydroxylation is 2. The molecule has 0 aromatic carbocycles. The van der Waals surface area contributed by atoms with E-state index in [1.165, 1.54) is 19.3 Å². The summed E-state index contributed by atoms with van der Waals surface area (Å²) in [5.41, 5.74) is 2.09. The highest BCUT2D eigenvalue weighted by Crippen LogP contribution is 2.33. The van der Waals surface area contributed by atoms with E-state index in [0.717, 1.165) is 30.1 Å². The molecular weight excluding hydrogens is 212 g/mol. The summed E-state index contributed by atoms with van der Waals surface area (Å²) in [5.74, 6) is 1.61. The van der Waals surface area contributed by atoms with Gasteiger partial charge in [-0.3, -0.25) is 0 Å². The standard InChI is InChI=1S/C13H22N4/c1-4-11-12(5-2)16-17-13(15-11)14-9(3)8-10-6-7-10/h9-10H,4-8H2,1-3H3,(H,14,15,17). The predicted octanol–water partition coefficient (Wildman–Crippen LogP) is 2.60. The number of rotatable bonds is 6.